The fraction of sp³-hybridized carbons (Fsp3) is 0.323. The maximum absolute atomic E-state index is 13.4. The van der Waals surface area contributed by atoms with Crippen molar-refractivity contribution < 1.29 is 23.7 Å². The first-order valence-electron chi connectivity index (χ1n) is 12.9. The summed E-state index contributed by atoms with van der Waals surface area (Å²) in [4.78, 5) is 15.3. The summed E-state index contributed by atoms with van der Waals surface area (Å²) in [6.07, 6.45) is 2.61. The van der Waals surface area contributed by atoms with Crippen molar-refractivity contribution in [3.05, 3.63) is 95.6 Å². The normalized spacial score (nSPS) is 20.1. The zero-order valence-corrected chi connectivity index (χ0v) is 21.0. The van der Waals surface area contributed by atoms with Gasteiger partial charge in [-0.25, -0.2) is 4.79 Å². The number of ether oxygens (including phenoxy) is 4. The largest absolute Gasteiger partial charge is 0.491 e. The molecule has 3 aromatic carbocycles. The van der Waals surface area contributed by atoms with E-state index in [9.17, 15) is 4.79 Å². The maximum atomic E-state index is 13.4. The fourth-order valence-electron chi connectivity index (χ4n) is 5.77. The van der Waals surface area contributed by atoms with Crippen LogP contribution in [0.4, 0.5) is 4.79 Å². The van der Waals surface area contributed by atoms with Gasteiger partial charge in [-0.15, -0.1) is 0 Å². The van der Waals surface area contributed by atoms with Crippen LogP contribution >= 0.6 is 0 Å². The lowest BCUT2D eigenvalue weighted by Crippen LogP contribution is -2.56. The predicted molar refractivity (Wildman–Crippen MR) is 142 cm³/mol. The monoisotopic (exact) mass is 497 g/mol. The third-order valence-corrected chi connectivity index (χ3v) is 7.53. The summed E-state index contributed by atoms with van der Waals surface area (Å²) in [5.41, 5.74) is 7.26. The first kappa shape index (κ1) is 23.8. The third kappa shape index (κ3) is 4.63. The number of methoxy groups -OCH3 is 1. The van der Waals surface area contributed by atoms with Crippen molar-refractivity contribution >= 4 is 11.7 Å². The Morgan fingerprint density at radius 1 is 0.919 bits per heavy atom. The number of fused-ring (bicyclic) bond motifs is 5. The number of carbonyl (C=O) groups excluding carboxylic acids is 1. The van der Waals surface area contributed by atoms with Gasteiger partial charge in [0.15, 0.2) is 0 Å². The van der Waals surface area contributed by atoms with Crippen LogP contribution in [0.5, 0.6) is 5.75 Å². The molecule has 3 aromatic rings. The molecule has 1 aliphatic carbocycles. The number of rotatable bonds is 7. The Kier molecular flexibility index (Phi) is 6.68. The zero-order valence-electron chi connectivity index (χ0n) is 21.0. The van der Waals surface area contributed by atoms with Crippen molar-refractivity contribution in [2.45, 2.75) is 24.4 Å². The van der Waals surface area contributed by atoms with Gasteiger partial charge in [0.25, 0.3) is 0 Å². The highest BCUT2D eigenvalue weighted by atomic mass is 16.6. The number of morpholine rings is 1. The molecule has 2 unspecified atom stereocenters. The SMILES string of the molecule is COCCOc1ccc(C2=CC3COCC(C2)N3C(=O)OCC2c3ccccc3-c3ccccc32)cc1. The van der Waals surface area contributed by atoms with Gasteiger partial charge in [0.1, 0.15) is 19.0 Å². The lowest BCUT2D eigenvalue weighted by molar-refractivity contribution is -0.0331. The molecule has 0 saturated carbocycles. The number of hydrogen-bond donors (Lipinski definition) is 0. The molecule has 0 N–H and O–H groups in total. The Hall–Kier alpha value is -3.61. The van der Waals surface area contributed by atoms with E-state index in [-0.39, 0.29) is 24.1 Å². The van der Waals surface area contributed by atoms with Gasteiger partial charge < -0.3 is 18.9 Å². The Bertz CT molecular complexity index is 1260. The van der Waals surface area contributed by atoms with E-state index in [4.69, 9.17) is 18.9 Å². The quantitative estimate of drug-likeness (QED) is 0.403. The van der Waals surface area contributed by atoms with Crippen LogP contribution in [0.1, 0.15) is 29.0 Å². The van der Waals surface area contributed by atoms with Gasteiger partial charge in [-0.05, 0) is 51.9 Å². The van der Waals surface area contributed by atoms with Crippen LogP contribution in [0.15, 0.2) is 78.9 Å². The minimum atomic E-state index is -0.266. The van der Waals surface area contributed by atoms with Gasteiger partial charge in [0.05, 0.1) is 31.9 Å². The molecule has 6 heteroatoms. The highest BCUT2D eigenvalue weighted by Gasteiger charge is 2.40. The van der Waals surface area contributed by atoms with Crippen LogP contribution in [0.3, 0.4) is 0 Å². The van der Waals surface area contributed by atoms with Crippen LogP contribution in [0.25, 0.3) is 16.7 Å². The van der Waals surface area contributed by atoms with Crippen LogP contribution < -0.4 is 4.74 Å². The van der Waals surface area contributed by atoms with Gasteiger partial charge >= 0.3 is 6.09 Å². The van der Waals surface area contributed by atoms with Crippen LogP contribution in [0, 0.1) is 0 Å². The molecule has 1 amide bonds. The molecular formula is C31H31NO5. The first-order chi connectivity index (χ1) is 18.2. The third-order valence-electron chi connectivity index (χ3n) is 7.53. The Morgan fingerprint density at radius 3 is 2.30 bits per heavy atom. The summed E-state index contributed by atoms with van der Waals surface area (Å²) in [6, 6.07) is 24.7. The van der Waals surface area contributed by atoms with Crippen molar-refractivity contribution in [3.63, 3.8) is 0 Å². The van der Waals surface area contributed by atoms with E-state index in [0.29, 0.717) is 33.0 Å². The Morgan fingerprint density at radius 2 is 1.62 bits per heavy atom. The van der Waals surface area contributed by atoms with Crippen molar-refractivity contribution in [1.29, 1.82) is 0 Å². The molecular weight excluding hydrogens is 466 g/mol. The number of nitrogens with zero attached hydrogens (tertiary/aromatic N) is 1. The van der Waals surface area contributed by atoms with Crippen molar-refractivity contribution in [2.75, 3.05) is 40.1 Å². The number of hydrogen-bond acceptors (Lipinski definition) is 5. The van der Waals surface area contributed by atoms with E-state index in [2.05, 4.69) is 66.7 Å². The minimum Gasteiger partial charge on any atom is -0.491 e. The summed E-state index contributed by atoms with van der Waals surface area (Å²) >= 11 is 0. The van der Waals surface area contributed by atoms with E-state index >= 15 is 0 Å². The molecule has 3 aliphatic rings. The molecule has 6 nitrogen and oxygen atoms in total. The molecule has 190 valence electrons. The molecule has 0 aromatic heterocycles. The van der Waals surface area contributed by atoms with Crippen molar-refractivity contribution in [2.24, 2.45) is 0 Å². The minimum absolute atomic E-state index is 0.0490. The number of benzene rings is 3. The molecule has 1 fully saturated rings. The van der Waals surface area contributed by atoms with Gasteiger partial charge in [0, 0.05) is 13.0 Å². The predicted octanol–water partition coefficient (Wildman–Crippen LogP) is 5.52. The highest BCUT2D eigenvalue weighted by Crippen LogP contribution is 2.44. The van der Waals surface area contributed by atoms with E-state index < -0.39 is 0 Å². The summed E-state index contributed by atoms with van der Waals surface area (Å²) in [5.74, 6) is 0.869. The van der Waals surface area contributed by atoms with Gasteiger partial charge in [0.2, 0.25) is 0 Å². The molecule has 2 heterocycles. The van der Waals surface area contributed by atoms with Crippen LogP contribution in [-0.4, -0.2) is 63.2 Å². The van der Waals surface area contributed by atoms with E-state index in [1.807, 2.05) is 17.0 Å². The van der Waals surface area contributed by atoms with Crippen LogP contribution in [-0.2, 0) is 14.2 Å². The smallest absolute Gasteiger partial charge is 0.410 e. The summed E-state index contributed by atoms with van der Waals surface area (Å²) < 4.78 is 22.5. The highest BCUT2D eigenvalue weighted by molar-refractivity contribution is 5.79. The molecule has 37 heavy (non-hydrogen) atoms. The molecule has 0 radical (unpaired) electrons. The van der Waals surface area contributed by atoms with E-state index in [1.165, 1.54) is 27.8 Å². The van der Waals surface area contributed by atoms with Gasteiger partial charge in [-0.2, -0.15) is 0 Å². The van der Waals surface area contributed by atoms with E-state index in [1.54, 1.807) is 7.11 Å². The lowest BCUT2D eigenvalue weighted by atomic mass is 9.90. The van der Waals surface area contributed by atoms with Gasteiger partial charge in [-0.1, -0.05) is 66.7 Å². The molecule has 6 rings (SSSR count). The van der Waals surface area contributed by atoms with Crippen molar-refractivity contribution in [1.82, 2.24) is 4.90 Å². The van der Waals surface area contributed by atoms with Crippen LogP contribution in [0.2, 0.25) is 0 Å². The van der Waals surface area contributed by atoms with Crippen molar-refractivity contribution in [3.8, 4) is 16.9 Å². The molecule has 2 aliphatic heterocycles. The standard InChI is InChI=1S/C31H31NO5/c1-34-14-15-36-25-12-10-21(11-13-25)22-16-23-18-35-19-24(17-22)32(23)31(33)37-20-30-28-8-4-2-6-26(28)27-7-3-5-9-29(27)30/h2-13,16,23-24,30H,14-15,17-20H2,1H3. The second kappa shape index (κ2) is 10.4. The second-order valence-corrected chi connectivity index (χ2v) is 9.73. The summed E-state index contributed by atoms with van der Waals surface area (Å²) in [5, 5.41) is 0. The average Bonchev–Trinajstić information content (AvgIpc) is 3.25. The number of amides is 1. The number of carbonyl (C=O) groups is 1. The fourth-order valence-corrected chi connectivity index (χ4v) is 5.77. The molecule has 1 saturated heterocycles. The topological polar surface area (TPSA) is 57.2 Å². The Balaban J connectivity index is 1.15. The van der Waals surface area contributed by atoms with Gasteiger partial charge in [-0.3, -0.25) is 4.90 Å². The average molecular weight is 498 g/mol. The van der Waals surface area contributed by atoms with E-state index in [0.717, 1.165) is 17.7 Å². The summed E-state index contributed by atoms with van der Waals surface area (Å²) in [7, 11) is 1.66. The lowest BCUT2D eigenvalue weighted by Gasteiger charge is -2.44. The maximum Gasteiger partial charge on any atom is 0.410 e. The Labute approximate surface area is 217 Å². The second-order valence-electron chi connectivity index (χ2n) is 9.73. The zero-order chi connectivity index (χ0) is 25.2. The molecule has 2 atom stereocenters. The first-order valence-corrected chi connectivity index (χ1v) is 12.9. The summed E-state index contributed by atoms with van der Waals surface area (Å²) in [6.45, 7) is 2.39. The molecule has 2 bridgehead atoms. The molecule has 0 spiro atoms.